The first kappa shape index (κ1) is 9.91. The molecule has 1 rings (SSSR count). The Bertz CT molecular complexity index is 189. The van der Waals surface area contributed by atoms with E-state index in [2.05, 4.69) is 15.9 Å². The molecule has 0 aliphatic heterocycles. The van der Waals surface area contributed by atoms with Gasteiger partial charge in [-0.3, -0.25) is 0 Å². The van der Waals surface area contributed by atoms with Gasteiger partial charge in [0.15, 0.2) is 5.69 Å². The number of hydrogen-bond acceptors (Lipinski definition) is 1. The minimum Gasteiger partial charge on any atom is -1.00 e. The SMILES string of the molecule is O[NH2+]c1ccc(Br)cc1.[Cl-]. The van der Waals surface area contributed by atoms with Crippen LogP contribution in [0.2, 0.25) is 0 Å². The van der Waals surface area contributed by atoms with Crippen LogP contribution in [0, 0.1) is 0 Å². The first-order chi connectivity index (χ1) is 4.33. The second kappa shape index (κ2) is 4.68. The van der Waals surface area contributed by atoms with E-state index in [1.54, 1.807) is 0 Å². The number of benzene rings is 1. The third-order valence-electron chi connectivity index (χ3n) is 1.02. The van der Waals surface area contributed by atoms with E-state index in [1.807, 2.05) is 24.3 Å². The van der Waals surface area contributed by atoms with Crippen LogP contribution in [0.1, 0.15) is 0 Å². The van der Waals surface area contributed by atoms with Gasteiger partial charge in [-0.2, -0.15) is 5.48 Å². The van der Waals surface area contributed by atoms with E-state index >= 15 is 0 Å². The highest BCUT2D eigenvalue weighted by Crippen LogP contribution is 2.09. The smallest absolute Gasteiger partial charge is 0.161 e. The lowest BCUT2D eigenvalue weighted by Crippen LogP contribution is -3.00. The summed E-state index contributed by atoms with van der Waals surface area (Å²) in [6.45, 7) is 0. The van der Waals surface area contributed by atoms with Gasteiger partial charge in [0.25, 0.3) is 0 Å². The van der Waals surface area contributed by atoms with Gasteiger partial charge in [0.1, 0.15) is 0 Å². The standard InChI is InChI=1S/C6H6BrNO.ClH/c7-5-1-3-6(8-9)4-2-5;/h1-4,8-9H;1H. The molecule has 0 fully saturated rings. The third-order valence-corrected chi connectivity index (χ3v) is 1.55. The van der Waals surface area contributed by atoms with E-state index in [0.717, 1.165) is 15.6 Å². The van der Waals surface area contributed by atoms with Crippen molar-refractivity contribution in [3.63, 3.8) is 0 Å². The highest BCUT2D eigenvalue weighted by atomic mass is 79.9. The van der Waals surface area contributed by atoms with Crippen LogP contribution in [0.3, 0.4) is 0 Å². The number of nitrogens with two attached hydrogens (primary N) is 1. The molecular weight excluding hydrogens is 217 g/mol. The molecule has 3 N–H and O–H groups in total. The van der Waals surface area contributed by atoms with Gasteiger partial charge in [-0.25, -0.2) is 5.21 Å². The monoisotopic (exact) mass is 223 g/mol. The number of quaternary nitrogens is 1. The Hall–Kier alpha value is -0.0900. The van der Waals surface area contributed by atoms with E-state index in [9.17, 15) is 0 Å². The van der Waals surface area contributed by atoms with Gasteiger partial charge >= 0.3 is 0 Å². The molecule has 1 aromatic carbocycles. The summed E-state index contributed by atoms with van der Waals surface area (Å²) in [5.41, 5.74) is 1.89. The van der Waals surface area contributed by atoms with E-state index in [-0.39, 0.29) is 12.4 Å². The highest BCUT2D eigenvalue weighted by molar-refractivity contribution is 9.10. The van der Waals surface area contributed by atoms with E-state index in [1.165, 1.54) is 0 Å². The summed E-state index contributed by atoms with van der Waals surface area (Å²) in [5, 5.41) is 8.49. The molecule has 0 aliphatic rings. The normalized spacial score (nSPS) is 8.60. The molecule has 56 valence electrons. The molecule has 0 aliphatic carbocycles. The van der Waals surface area contributed by atoms with Crippen LogP contribution in [0.5, 0.6) is 0 Å². The molecule has 0 heterocycles. The number of rotatable bonds is 1. The Kier molecular flexibility index (Phi) is 4.64. The minimum absolute atomic E-state index is 0. The van der Waals surface area contributed by atoms with Crippen LogP contribution in [0.25, 0.3) is 0 Å². The summed E-state index contributed by atoms with van der Waals surface area (Å²) in [7, 11) is 0. The van der Waals surface area contributed by atoms with Gasteiger partial charge in [0.2, 0.25) is 0 Å². The molecule has 0 atom stereocenters. The lowest BCUT2D eigenvalue weighted by Gasteiger charge is -1.89. The van der Waals surface area contributed by atoms with Crippen LogP contribution in [-0.2, 0) is 0 Å². The van der Waals surface area contributed by atoms with Crippen molar-refractivity contribution in [3.05, 3.63) is 28.7 Å². The van der Waals surface area contributed by atoms with Crippen molar-refractivity contribution in [2.24, 2.45) is 0 Å². The second-order valence-electron chi connectivity index (χ2n) is 1.68. The fraction of sp³-hybridized carbons (Fsp3) is 0. The van der Waals surface area contributed by atoms with E-state index in [0.29, 0.717) is 0 Å². The molecule has 1 aromatic rings. The summed E-state index contributed by atoms with van der Waals surface area (Å²) in [6.07, 6.45) is 0. The molecular formula is C6H7BrClNO. The van der Waals surface area contributed by atoms with E-state index in [4.69, 9.17) is 5.21 Å². The van der Waals surface area contributed by atoms with Crippen LogP contribution >= 0.6 is 15.9 Å². The Morgan fingerprint density at radius 2 is 1.70 bits per heavy atom. The van der Waals surface area contributed by atoms with Gasteiger partial charge in [0.05, 0.1) is 0 Å². The van der Waals surface area contributed by atoms with Gasteiger partial charge < -0.3 is 12.4 Å². The zero-order valence-corrected chi connectivity index (χ0v) is 7.43. The first-order valence-electron chi connectivity index (χ1n) is 2.56. The quantitative estimate of drug-likeness (QED) is 0.422. The topological polar surface area (TPSA) is 36.8 Å². The molecule has 4 heteroatoms. The number of halogens is 2. The van der Waals surface area contributed by atoms with Crippen molar-refractivity contribution < 1.29 is 23.1 Å². The van der Waals surface area contributed by atoms with Crippen LogP contribution in [-0.4, -0.2) is 5.21 Å². The summed E-state index contributed by atoms with van der Waals surface area (Å²) in [5.74, 6) is 0. The van der Waals surface area contributed by atoms with Crippen molar-refractivity contribution in [3.8, 4) is 0 Å². The van der Waals surface area contributed by atoms with Crippen molar-refractivity contribution >= 4 is 21.6 Å². The van der Waals surface area contributed by atoms with Crippen LogP contribution < -0.4 is 17.9 Å². The summed E-state index contributed by atoms with van der Waals surface area (Å²) in [4.78, 5) is 0. The molecule has 0 saturated heterocycles. The Balaban J connectivity index is 0.000000810. The molecule has 0 bridgehead atoms. The summed E-state index contributed by atoms with van der Waals surface area (Å²) >= 11 is 3.28. The van der Waals surface area contributed by atoms with Gasteiger partial charge in [0, 0.05) is 16.6 Å². The summed E-state index contributed by atoms with van der Waals surface area (Å²) < 4.78 is 1.02. The zero-order valence-electron chi connectivity index (χ0n) is 5.09. The lowest BCUT2D eigenvalue weighted by atomic mass is 10.3. The van der Waals surface area contributed by atoms with E-state index < -0.39 is 0 Å². The average Bonchev–Trinajstić information content (AvgIpc) is 1.90. The maximum atomic E-state index is 8.49. The van der Waals surface area contributed by atoms with Crippen molar-refractivity contribution in [2.75, 3.05) is 0 Å². The molecule has 2 nitrogen and oxygen atoms in total. The average molecular weight is 224 g/mol. The molecule has 10 heavy (non-hydrogen) atoms. The van der Waals surface area contributed by atoms with Crippen LogP contribution in [0.4, 0.5) is 5.69 Å². The lowest BCUT2D eigenvalue weighted by molar-refractivity contribution is -0.825. The van der Waals surface area contributed by atoms with Crippen molar-refractivity contribution in [1.29, 1.82) is 0 Å². The fourth-order valence-electron chi connectivity index (χ4n) is 0.549. The Morgan fingerprint density at radius 1 is 1.20 bits per heavy atom. The van der Waals surface area contributed by atoms with Crippen molar-refractivity contribution in [2.45, 2.75) is 0 Å². The molecule has 0 spiro atoms. The predicted octanol–water partition coefficient (Wildman–Crippen LogP) is -1.96. The second-order valence-corrected chi connectivity index (χ2v) is 2.60. The zero-order chi connectivity index (χ0) is 6.69. The van der Waals surface area contributed by atoms with Crippen LogP contribution in [0.15, 0.2) is 28.7 Å². The molecule has 0 unspecified atom stereocenters. The number of hydrogen-bond donors (Lipinski definition) is 2. The Morgan fingerprint density at radius 3 is 2.10 bits per heavy atom. The van der Waals surface area contributed by atoms with Gasteiger partial charge in [-0.15, -0.1) is 0 Å². The minimum atomic E-state index is 0. The fourth-order valence-corrected chi connectivity index (χ4v) is 0.813. The molecule has 0 radical (unpaired) electrons. The highest BCUT2D eigenvalue weighted by Gasteiger charge is 1.90. The third kappa shape index (κ3) is 2.66. The van der Waals surface area contributed by atoms with Crippen molar-refractivity contribution in [1.82, 2.24) is 0 Å². The van der Waals surface area contributed by atoms with Gasteiger partial charge in [-0.05, 0) is 12.1 Å². The molecule has 0 amide bonds. The predicted molar refractivity (Wildman–Crippen MR) is 37.5 cm³/mol. The van der Waals surface area contributed by atoms with Gasteiger partial charge in [-0.1, -0.05) is 15.9 Å². The molecule has 0 saturated carbocycles. The molecule has 0 aromatic heterocycles. The summed E-state index contributed by atoms with van der Waals surface area (Å²) in [6, 6.07) is 7.40. The Labute approximate surface area is 73.8 Å². The maximum Gasteiger partial charge on any atom is 0.161 e. The maximum absolute atomic E-state index is 8.49. The largest absolute Gasteiger partial charge is 1.00 e. The first-order valence-corrected chi connectivity index (χ1v) is 3.35.